The van der Waals surface area contributed by atoms with E-state index in [-0.39, 0.29) is 6.04 Å². The van der Waals surface area contributed by atoms with Gasteiger partial charge >= 0.3 is 0 Å². The highest BCUT2D eigenvalue weighted by Gasteiger charge is 2.35. The first-order valence-corrected chi connectivity index (χ1v) is 9.27. The monoisotopic (exact) mass is 400 g/mol. The first-order valence-electron chi connectivity index (χ1n) is 8.48. The number of imidazole rings is 1. The van der Waals surface area contributed by atoms with Crippen molar-refractivity contribution in [2.45, 2.75) is 44.2 Å². The number of aromatic nitrogens is 4. The van der Waals surface area contributed by atoms with E-state index in [9.17, 15) is 0 Å². The quantitative estimate of drug-likeness (QED) is 0.689. The van der Waals surface area contributed by atoms with Crippen molar-refractivity contribution in [2.75, 3.05) is 0 Å². The Balaban J connectivity index is 1.81. The normalized spacial score (nSPS) is 23.9. The van der Waals surface area contributed by atoms with E-state index >= 15 is 0 Å². The summed E-state index contributed by atoms with van der Waals surface area (Å²) in [6.07, 6.45) is 9.15. The number of rotatable bonds is 2. The van der Waals surface area contributed by atoms with Crippen LogP contribution in [0.25, 0.3) is 17.0 Å². The molecule has 0 unspecified atom stereocenters. The minimum Gasteiger partial charge on any atom is -0.328 e. The summed E-state index contributed by atoms with van der Waals surface area (Å²) < 4.78 is 3.02. The van der Waals surface area contributed by atoms with Gasteiger partial charge in [0.15, 0.2) is 0 Å². The van der Waals surface area contributed by atoms with Gasteiger partial charge in [0.25, 0.3) is 0 Å². The van der Waals surface area contributed by atoms with Crippen LogP contribution in [0.3, 0.4) is 0 Å². The van der Waals surface area contributed by atoms with Gasteiger partial charge in [-0.1, -0.05) is 0 Å². The van der Waals surface area contributed by atoms with Crippen molar-refractivity contribution in [3.8, 4) is 11.4 Å². The molecular weight excluding hydrogens is 380 g/mol. The fourth-order valence-electron chi connectivity index (χ4n) is 3.45. The number of nitrogens with two attached hydrogens (primary N) is 2. The smallest absolute Gasteiger partial charge is 0.148 e. The zero-order valence-electron chi connectivity index (χ0n) is 14.1. The Bertz CT molecular complexity index is 926. The summed E-state index contributed by atoms with van der Waals surface area (Å²) in [6, 6.07) is 4.18. The van der Waals surface area contributed by atoms with Gasteiger partial charge in [-0.25, -0.2) is 15.0 Å². The van der Waals surface area contributed by atoms with Gasteiger partial charge in [-0.15, -0.1) is 0 Å². The average Bonchev–Trinajstić information content (AvgIpc) is 3.01. The van der Waals surface area contributed by atoms with Gasteiger partial charge < -0.3 is 11.5 Å². The summed E-state index contributed by atoms with van der Waals surface area (Å²) in [5.74, 6) is 0.699. The lowest BCUT2D eigenvalue weighted by molar-refractivity contribution is 0.264. The molecule has 1 saturated carbocycles. The molecule has 0 bridgehead atoms. The SMILES string of the molecule is Cc1cnc(C2(N)CCC(N)CC2)nc1-c1cnc2ccc(Br)cn12. The van der Waals surface area contributed by atoms with E-state index in [1.807, 2.05) is 42.0 Å². The summed E-state index contributed by atoms with van der Waals surface area (Å²) in [4.78, 5) is 13.9. The molecule has 130 valence electrons. The van der Waals surface area contributed by atoms with Gasteiger partial charge in [-0.2, -0.15) is 0 Å². The van der Waals surface area contributed by atoms with Gasteiger partial charge in [0, 0.05) is 22.9 Å². The summed E-state index contributed by atoms with van der Waals surface area (Å²) >= 11 is 3.52. The second-order valence-corrected chi connectivity index (χ2v) is 7.85. The maximum Gasteiger partial charge on any atom is 0.148 e. The molecule has 0 saturated heterocycles. The second kappa shape index (κ2) is 6.16. The molecule has 4 rings (SSSR count). The molecule has 6 nitrogen and oxygen atoms in total. The van der Waals surface area contributed by atoms with Crippen LogP contribution in [0.2, 0.25) is 0 Å². The molecule has 0 spiro atoms. The van der Waals surface area contributed by atoms with Crippen LogP contribution in [-0.4, -0.2) is 25.4 Å². The lowest BCUT2D eigenvalue weighted by Crippen LogP contribution is -2.45. The van der Waals surface area contributed by atoms with Crippen molar-refractivity contribution in [1.29, 1.82) is 0 Å². The van der Waals surface area contributed by atoms with Crippen LogP contribution in [0.5, 0.6) is 0 Å². The minimum absolute atomic E-state index is 0.234. The summed E-state index contributed by atoms with van der Waals surface area (Å²) in [6.45, 7) is 2.01. The molecular formula is C18H21BrN6. The summed E-state index contributed by atoms with van der Waals surface area (Å²) in [5.41, 5.74) is 15.9. The number of halogens is 1. The molecule has 25 heavy (non-hydrogen) atoms. The first kappa shape index (κ1) is 16.6. The molecule has 1 fully saturated rings. The van der Waals surface area contributed by atoms with Crippen molar-refractivity contribution in [1.82, 2.24) is 19.4 Å². The predicted molar refractivity (Wildman–Crippen MR) is 101 cm³/mol. The van der Waals surface area contributed by atoms with Gasteiger partial charge in [0.05, 0.1) is 23.1 Å². The van der Waals surface area contributed by atoms with E-state index in [0.717, 1.165) is 52.8 Å². The van der Waals surface area contributed by atoms with Crippen LogP contribution < -0.4 is 11.5 Å². The fourth-order valence-corrected chi connectivity index (χ4v) is 3.79. The van der Waals surface area contributed by atoms with Gasteiger partial charge in [0.1, 0.15) is 11.5 Å². The Labute approximate surface area is 154 Å². The standard InChI is InChI=1S/C18H21BrN6/c1-11-8-23-17(18(21)6-4-13(20)5-7-18)24-16(11)14-9-22-15-3-2-12(19)10-25(14)15/h2-3,8-10,13H,4-7,20-21H2,1H3. The Kier molecular flexibility index (Phi) is 4.10. The Morgan fingerprint density at radius 1 is 1.20 bits per heavy atom. The number of aryl methyl sites for hydroxylation is 1. The fraction of sp³-hybridized carbons (Fsp3) is 0.389. The van der Waals surface area contributed by atoms with Crippen LogP contribution in [0, 0.1) is 6.92 Å². The number of hydrogen-bond donors (Lipinski definition) is 2. The van der Waals surface area contributed by atoms with E-state index in [1.54, 1.807) is 0 Å². The number of fused-ring (bicyclic) bond motifs is 1. The van der Waals surface area contributed by atoms with Crippen LogP contribution in [0.15, 0.2) is 35.2 Å². The van der Waals surface area contributed by atoms with Crippen molar-refractivity contribution in [3.05, 3.63) is 46.6 Å². The van der Waals surface area contributed by atoms with Crippen LogP contribution in [0.4, 0.5) is 0 Å². The van der Waals surface area contributed by atoms with E-state index in [4.69, 9.17) is 16.5 Å². The molecule has 3 aromatic heterocycles. The molecule has 1 aliphatic carbocycles. The Hall–Kier alpha value is -1.83. The maximum atomic E-state index is 6.64. The average molecular weight is 401 g/mol. The molecule has 0 amide bonds. The summed E-state index contributed by atoms with van der Waals surface area (Å²) in [7, 11) is 0. The second-order valence-electron chi connectivity index (χ2n) is 6.94. The minimum atomic E-state index is -0.501. The van der Waals surface area contributed by atoms with Crippen molar-refractivity contribution in [3.63, 3.8) is 0 Å². The molecule has 0 atom stereocenters. The largest absolute Gasteiger partial charge is 0.328 e. The highest BCUT2D eigenvalue weighted by atomic mass is 79.9. The molecule has 0 aliphatic heterocycles. The van der Waals surface area contributed by atoms with Crippen molar-refractivity contribution in [2.24, 2.45) is 11.5 Å². The van der Waals surface area contributed by atoms with E-state index in [0.29, 0.717) is 5.82 Å². The van der Waals surface area contributed by atoms with Gasteiger partial charge in [-0.05, 0) is 66.2 Å². The molecule has 3 heterocycles. The topological polar surface area (TPSA) is 95.1 Å². The molecule has 7 heteroatoms. The molecule has 3 aromatic rings. The summed E-state index contributed by atoms with van der Waals surface area (Å²) in [5, 5.41) is 0. The molecule has 0 radical (unpaired) electrons. The zero-order chi connectivity index (χ0) is 17.6. The van der Waals surface area contributed by atoms with E-state index < -0.39 is 5.54 Å². The predicted octanol–water partition coefficient (Wildman–Crippen LogP) is 2.92. The molecule has 1 aliphatic rings. The number of nitrogens with zero attached hydrogens (tertiary/aromatic N) is 4. The van der Waals surface area contributed by atoms with Gasteiger partial charge in [-0.3, -0.25) is 4.40 Å². The van der Waals surface area contributed by atoms with Crippen molar-refractivity contribution >= 4 is 21.6 Å². The number of hydrogen-bond acceptors (Lipinski definition) is 5. The lowest BCUT2D eigenvalue weighted by atomic mass is 9.79. The molecule has 0 aromatic carbocycles. The third-order valence-electron chi connectivity index (χ3n) is 5.05. The lowest BCUT2D eigenvalue weighted by Gasteiger charge is -2.34. The van der Waals surface area contributed by atoms with E-state index in [1.165, 1.54) is 0 Å². The van der Waals surface area contributed by atoms with Crippen LogP contribution >= 0.6 is 15.9 Å². The molecule has 4 N–H and O–H groups in total. The van der Waals surface area contributed by atoms with Crippen LogP contribution in [-0.2, 0) is 5.54 Å². The van der Waals surface area contributed by atoms with E-state index in [2.05, 4.69) is 25.9 Å². The Morgan fingerprint density at radius 3 is 2.72 bits per heavy atom. The highest BCUT2D eigenvalue weighted by Crippen LogP contribution is 2.34. The van der Waals surface area contributed by atoms with Gasteiger partial charge in [0.2, 0.25) is 0 Å². The first-order chi connectivity index (χ1) is 12.0. The third kappa shape index (κ3) is 2.96. The Morgan fingerprint density at radius 2 is 1.96 bits per heavy atom. The number of pyridine rings is 1. The highest BCUT2D eigenvalue weighted by molar-refractivity contribution is 9.10. The third-order valence-corrected chi connectivity index (χ3v) is 5.52. The van der Waals surface area contributed by atoms with Crippen molar-refractivity contribution < 1.29 is 0 Å². The maximum absolute atomic E-state index is 6.64. The zero-order valence-corrected chi connectivity index (χ0v) is 15.7. The van der Waals surface area contributed by atoms with Crippen LogP contribution in [0.1, 0.15) is 37.1 Å².